The first-order valence-electron chi connectivity index (χ1n) is 8.67. The number of anilines is 2. The van der Waals surface area contributed by atoms with E-state index in [1.165, 1.54) is 0 Å². The highest BCUT2D eigenvalue weighted by Crippen LogP contribution is 2.32. The molecule has 0 unspecified atom stereocenters. The van der Waals surface area contributed by atoms with E-state index in [1.807, 2.05) is 49.4 Å². The predicted octanol–water partition coefficient (Wildman–Crippen LogP) is 4.00. The fourth-order valence-electron chi connectivity index (χ4n) is 2.95. The first-order chi connectivity index (χ1) is 12.7. The summed E-state index contributed by atoms with van der Waals surface area (Å²) >= 11 is 0. The summed E-state index contributed by atoms with van der Waals surface area (Å²) in [7, 11) is 0. The summed E-state index contributed by atoms with van der Waals surface area (Å²) in [4.78, 5) is 16.9. The van der Waals surface area contributed by atoms with Crippen LogP contribution in [0.25, 0.3) is 10.9 Å². The number of aromatic nitrogens is 1. The lowest BCUT2D eigenvalue weighted by atomic mass is 10.0. The molecule has 0 radical (unpaired) electrons. The third kappa shape index (κ3) is 3.53. The molecule has 0 amide bonds. The molecule has 26 heavy (non-hydrogen) atoms. The van der Waals surface area contributed by atoms with Gasteiger partial charge in [0.25, 0.3) is 0 Å². The number of esters is 1. The van der Waals surface area contributed by atoms with Gasteiger partial charge in [-0.05, 0) is 37.5 Å². The highest BCUT2D eigenvalue weighted by Gasteiger charge is 2.18. The van der Waals surface area contributed by atoms with Crippen LogP contribution in [0.3, 0.4) is 0 Å². The molecule has 0 saturated heterocycles. The maximum absolute atomic E-state index is 12.5. The predicted molar refractivity (Wildman–Crippen MR) is 103 cm³/mol. The Kier molecular flexibility index (Phi) is 5.49. The fraction of sp³-hybridized carbons (Fsp3) is 0.238. The zero-order chi connectivity index (χ0) is 18.5. The van der Waals surface area contributed by atoms with Crippen LogP contribution in [0.4, 0.5) is 11.4 Å². The number of rotatable bonds is 6. The number of aliphatic hydroxyl groups is 1. The van der Waals surface area contributed by atoms with Gasteiger partial charge in [-0.3, -0.25) is 4.98 Å². The Morgan fingerprint density at radius 3 is 2.73 bits per heavy atom. The van der Waals surface area contributed by atoms with E-state index >= 15 is 0 Å². The van der Waals surface area contributed by atoms with Crippen molar-refractivity contribution in [2.24, 2.45) is 0 Å². The third-order valence-electron chi connectivity index (χ3n) is 4.26. The van der Waals surface area contributed by atoms with Crippen LogP contribution in [0.1, 0.15) is 28.4 Å². The zero-order valence-electron chi connectivity index (χ0n) is 15.0. The quantitative estimate of drug-likeness (QED) is 0.658. The SMILES string of the molecule is CCOC(=O)c1cnc2c(CCO)cccc2c1Nc1ccccc1C. The molecular formula is C21H22N2O3. The normalized spacial score (nSPS) is 10.7. The number of aliphatic hydroxyl groups excluding tert-OH is 1. The van der Waals surface area contributed by atoms with Crippen LogP contribution in [0.5, 0.6) is 0 Å². The summed E-state index contributed by atoms with van der Waals surface area (Å²) in [6.45, 7) is 4.12. The molecule has 134 valence electrons. The molecule has 3 aromatic rings. The van der Waals surface area contributed by atoms with Gasteiger partial charge in [0.15, 0.2) is 0 Å². The lowest BCUT2D eigenvalue weighted by Crippen LogP contribution is -2.10. The van der Waals surface area contributed by atoms with Gasteiger partial charge < -0.3 is 15.2 Å². The Morgan fingerprint density at radius 2 is 2.00 bits per heavy atom. The molecule has 2 N–H and O–H groups in total. The molecule has 0 aliphatic heterocycles. The minimum Gasteiger partial charge on any atom is -0.462 e. The van der Waals surface area contributed by atoms with Gasteiger partial charge >= 0.3 is 5.97 Å². The Bertz CT molecular complexity index is 938. The first kappa shape index (κ1) is 17.9. The van der Waals surface area contributed by atoms with Gasteiger partial charge in [-0.15, -0.1) is 0 Å². The number of pyridine rings is 1. The van der Waals surface area contributed by atoms with Crippen LogP contribution >= 0.6 is 0 Å². The molecule has 1 aromatic heterocycles. The van der Waals surface area contributed by atoms with Gasteiger partial charge in [-0.25, -0.2) is 4.79 Å². The van der Waals surface area contributed by atoms with Crippen LogP contribution in [0.15, 0.2) is 48.7 Å². The fourth-order valence-corrected chi connectivity index (χ4v) is 2.95. The number of aryl methyl sites for hydroxylation is 1. The molecular weight excluding hydrogens is 328 g/mol. The Labute approximate surface area is 152 Å². The number of hydrogen-bond acceptors (Lipinski definition) is 5. The van der Waals surface area contributed by atoms with Crippen LogP contribution in [0.2, 0.25) is 0 Å². The van der Waals surface area contributed by atoms with E-state index in [-0.39, 0.29) is 6.61 Å². The van der Waals surface area contributed by atoms with E-state index < -0.39 is 5.97 Å². The van der Waals surface area contributed by atoms with Crippen molar-refractivity contribution in [1.82, 2.24) is 4.98 Å². The van der Waals surface area contributed by atoms with E-state index in [2.05, 4.69) is 10.3 Å². The number of carbonyl (C=O) groups is 1. The minimum absolute atomic E-state index is 0.0426. The van der Waals surface area contributed by atoms with Crippen LogP contribution in [0, 0.1) is 6.92 Å². The van der Waals surface area contributed by atoms with Crippen molar-refractivity contribution in [3.05, 3.63) is 65.4 Å². The molecule has 0 aliphatic carbocycles. The number of benzene rings is 2. The monoisotopic (exact) mass is 350 g/mol. The first-order valence-corrected chi connectivity index (χ1v) is 8.67. The molecule has 1 heterocycles. The van der Waals surface area contributed by atoms with Gasteiger partial charge in [0.1, 0.15) is 5.56 Å². The standard InChI is InChI=1S/C21H22N2O3/c1-3-26-21(25)17-13-22-19-15(11-12-24)8-6-9-16(19)20(17)23-18-10-5-4-7-14(18)2/h4-10,13,24H,3,11-12H2,1-2H3,(H,22,23). The van der Waals surface area contributed by atoms with Crippen molar-refractivity contribution >= 4 is 28.2 Å². The molecule has 0 bridgehead atoms. The summed E-state index contributed by atoms with van der Waals surface area (Å²) in [5.74, 6) is -0.412. The van der Waals surface area contributed by atoms with E-state index in [1.54, 1.807) is 13.1 Å². The van der Waals surface area contributed by atoms with E-state index in [9.17, 15) is 9.90 Å². The highest BCUT2D eigenvalue weighted by molar-refractivity contribution is 6.06. The van der Waals surface area contributed by atoms with Crippen LogP contribution in [-0.4, -0.2) is 29.3 Å². The minimum atomic E-state index is -0.412. The lowest BCUT2D eigenvalue weighted by molar-refractivity contribution is 0.0527. The molecule has 2 aromatic carbocycles. The van der Waals surface area contributed by atoms with Crippen molar-refractivity contribution < 1.29 is 14.6 Å². The maximum Gasteiger partial charge on any atom is 0.341 e. The number of carbonyl (C=O) groups excluding carboxylic acids is 1. The highest BCUT2D eigenvalue weighted by atomic mass is 16.5. The lowest BCUT2D eigenvalue weighted by Gasteiger charge is -2.16. The topological polar surface area (TPSA) is 71.5 Å². The maximum atomic E-state index is 12.5. The number of hydrogen-bond donors (Lipinski definition) is 2. The van der Waals surface area contributed by atoms with Gasteiger partial charge in [-0.1, -0.05) is 36.4 Å². The molecule has 0 spiro atoms. The largest absolute Gasteiger partial charge is 0.462 e. The summed E-state index contributed by atoms with van der Waals surface area (Å²) in [5.41, 5.74) is 4.75. The second-order valence-corrected chi connectivity index (χ2v) is 5.99. The molecule has 0 aliphatic rings. The van der Waals surface area contributed by atoms with Crippen LogP contribution in [-0.2, 0) is 11.2 Å². The van der Waals surface area contributed by atoms with Crippen molar-refractivity contribution in [2.45, 2.75) is 20.3 Å². The molecule has 0 atom stereocenters. The number of para-hydroxylation sites is 2. The Balaban J connectivity index is 2.20. The van der Waals surface area contributed by atoms with Crippen molar-refractivity contribution in [1.29, 1.82) is 0 Å². The summed E-state index contributed by atoms with van der Waals surface area (Å²) < 4.78 is 5.20. The zero-order valence-corrected chi connectivity index (χ0v) is 15.0. The third-order valence-corrected chi connectivity index (χ3v) is 4.26. The van der Waals surface area contributed by atoms with Crippen molar-refractivity contribution in [3.8, 4) is 0 Å². The summed E-state index contributed by atoms with van der Waals surface area (Å²) in [5, 5.41) is 13.5. The number of ether oxygens (including phenoxy) is 1. The van der Waals surface area contributed by atoms with Crippen LogP contribution < -0.4 is 5.32 Å². The molecule has 0 fully saturated rings. The number of fused-ring (bicyclic) bond motifs is 1. The second kappa shape index (κ2) is 7.97. The Hall–Kier alpha value is -2.92. The van der Waals surface area contributed by atoms with Gasteiger partial charge in [0.05, 0.1) is 17.8 Å². The molecule has 5 heteroatoms. The van der Waals surface area contributed by atoms with Gasteiger partial charge in [0, 0.05) is 23.9 Å². The van der Waals surface area contributed by atoms with Gasteiger partial charge in [0.2, 0.25) is 0 Å². The summed E-state index contributed by atoms with van der Waals surface area (Å²) in [6, 6.07) is 13.7. The van der Waals surface area contributed by atoms with Crippen molar-refractivity contribution in [2.75, 3.05) is 18.5 Å². The smallest absolute Gasteiger partial charge is 0.341 e. The molecule has 3 rings (SSSR count). The average molecular weight is 350 g/mol. The average Bonchev–Trinajstić information content (AvgIpc) is 2.64. The number of nitrogens with one attached hydrogen (secondary N) is 1. The molecule has 0 saturated carbocycles. The van der Waals surface area contributed by atoms with E-state index in [0.717, 1.165) is 27.7 Å². The van der Waals surface area contributed by atoms with E-state index in [4.69, 9.17) is 4.74 Å². The summed E-state index contributed by atoms with van der Waals surface area (Å²) in [6.07, 6.45) is 2.05. The van der Waals surface area contributed by atoms with E-state index in [0.29, 0.717) is 24.3 Å². The van der Waals surface area contributed by atoms with Gasteiger partial charge in [-0.2, -0.15) is 0 Å². The number of nitrogens with zero attached hydrogens (tertiary/aromatic N) is 1. The second-order valence-electron chi connectivity index (χ2n) is 5.99. The Morgan fingerprint density at radius 1 is 1.19 bits per heavy atom. The van der Waals surface area contributed by atoms with Crippen molar-refractivity contribution in [3.63, 3.8) is 0 Å². The molecule has 5 nitrogen and oxygen atoms in total.